The maximum absolute atomic E-state index is 12.6. The van der Waals surface area contributed by atoms with E-state index in [4.69, 9.17) is 4.74 Å². The van der Waals surface area contributed by atoms with Crippen LogP contribution in [-0.4, -0.2) is 44.7 Å². The molecule has 0 aromatic carbocycles. The quantitative estimate of drug-likeness (QED) is 0.801. The Morgan fingerprint density at radius 1 is 1.16 bits per heavy atom. The fourth-order valence-electron chi connectivity index (χ4n) is 4.06. The topological polar surface area (TPSA) is 58.6 Å². The summed E-state index contributed by atoms with van der Waals surface area (Å²) in [4.78, 5) is 14.1. The molecule has 3 unspecified atom stereocenters. The molecule has 1 heterocycles. The van der Waals surface area contributed by atoms with Crippen LogP contribution < -0.4 is 4.72 Å². The molecule has 1 N–H and O–H groups in total. The molecular weight excluding hydrogens is 336 g/mol. The van der Waals surface area contributed by atoms with Gasteiger partial charge in [-0.15, -0.1) is 0 Å². The van der Waals surface area contributed by atoms with Crippen LogP contribution in [0.3, 0.4) is 0 Å². The van der Waals surface area contributed by atoms with Gasteiger partial charge in [0.25, 0.3) is 0 Å². The van der Waals surface area contributed by atoms with Crippen LogP contribution in [0.4, 0.5) is 4.79 Å². The van der Waals surface area contributed by atoms with Crippen LogP contribution in [0.5, 0.6) is 0 Å². The summed E-state index contributed by atoms with van der Waals surface area (Å²) < 4.78 is 21.3. The summed E-state index contributed by atoms with van der Waals surface area (Å²) in [6.45, 7) is 15.4. The van der Waals surface area contributed by atoms with E-state index < -0.39 is 16.6 Å². The number of carbonyl (C=O) groups excluding carboxylic acids is 1. The second-order valence-corrected chi connectivity index (χ2v) is 11.9. The molecule has 146 valence electrons. The first-order valence-electron chi connectivity index (χ1n) is 9.48. The number of ether oxygens (including phenoxy) is 1. The van der Waals surface area contributed by atoms with Gasteiger partial charge in [-0.05, 0) is 78.6 Å². The summed E-state index contributed by atoms with van der Waals surface area (Å²) in [5, 5.41) is 0. The first-order valence-corrected chi connectivity index (χ1v) is 10.6. The van der Waals surface area contributed by atoms with Crippen LogP contribution in [0.25, 0.3) is 0 Å². The summed E-state index contributed by atoms with van der Waals surface area (Å²) >= 11 is 0. The zero-order valence-electron chi connectivity index (χ0n) is 17.0. The summed E-state index contributed by atoms with van der Waals surface area (Å²) in [5.41, 5.74) is -0.305. The zero-order chi connectivity index (χ0) is 19.0. The molecule has 6 heteroatoms. The van der Waals surface area contributed by atoms with Gasteiger partial charge in [-0.3, -0.25) is 0 Å². The molecule has 1 saturated heterocycles. The van der Waals surface area contributed by atoms with Gasteiger partial charge in [0.2, 0.25) is 0 Å². The van der Waals surface area contributed by atoms with E-state index in [1.54, 1.807) is 0 Å². The monoisotopic (exact) mass is 372 g/mol. The Balaban J connectivity index is 2.01. The van der Waals surface area contributed by atoms with Crippen LogP contribution in [0, 0.1) is 11.3 Å². The summed E-state index contributed by atoms with van der Waals surface area (Å²) in [6.07, 6.45) is 3.91. The first-order chi connectivity index (χ1) is 11.3. The molecule has 1 spiro atoms. The summed E-state index contributed by atoms with van der Waals surface area (Å²) in [7, 11) is -1.06. The van der Waals surface area contributed by atoms with Gasteiger partial charge in [0.05, 0.1) is 15.7 Å². The van der Waals surface area contributed by atoms with Crippen LogP contribution >= 0.6 is 0 Å². The molecule has 3 atom stereocenters. The lowest BCUT2D eigenvalue weighted by Gasteiger charge is -2.43. The second kappa shape index (κ2) is 7.18. The van der Waals surface area contributed by atoms with Crippen molar-refractivity contribution in [1.82, 2.24) is 9.62 Å². The van der Waals surface area contributed by atoms with E-state index in [1.807, 2.05) is 46.4 Å². The minimum Gasteiger partial charge on any atom is -0.444 e. The predicted octanol–water partition coefficient (Wildman–Crippen LogP) is 3.85. The lowest BCUT2D eigenvalue weighted by atomic mass is 9.74. The van der Waals surface area contributed by atoms with E-state index >= 15 is 0 Å². The van der Waals surface area contributed by atoms with Gasteiger partial charge in [-0.1, -0.05) is 6.92 Å². The molecule has 1 aliphatic heterocycles. The Morgan fingerprint density at radius 3 is 2.20 bits per heavy atom. The van der Waals surface area contributed by atoms with Gasteiger partial charge in [-0.2, -0.15) is 0 Å². The van der Waals surface area contributed by atoms with Crippen molar-refractivity contribution in [3.05, 3.63) is 0 Å². The molecule has 1 saturated carbocycles. The standard InChI is InChI=1S/C19H36N2O3S/c1-14-12-15(20-25(23)18(5,6)7)19(13-14)8-10-21(11-9-19)16(22)24-17(2,3)4/h14-15,20H,8-13H2,1-7H3. The number of hydrogen-bond donors (Lipinski definition) is 1. The number of nitrogens with one attached hydrogen (secondary N) is 1. The highest BCUT2D eigenvalue weighted by Crippen LogP contribution is 2.49. The third-order valence-corrected chi connectivity index (χ3v) is 6.96. The van der Waals surface area contributed by atoms with Crippen LogP contribution in [0.2, 0.25) is 0 Å². The average molecular weight is 373 g/mol. The Bertz CT molecular complexity index is 514. The molecule has 2 fully saturated rings. The molecule has 1 aliphatic carbocycles. The van der Waals surface area contributed by atoms with Crippen molar-refractivity contribution in [2.24, 2.45) is 11.3 Å². The largest absolute Gasteiger partial charge is 0.444 e. The number of piperidine rings is 1. The first kappa shape index (κ1) is 20.7. The van der Waals surface area contributed by atoms with Gasteiger partial charge in [0, 0.05) is 19.1 Å². The molecule has 0 aromatic rings. The Kier molecular flexibility index (Phi) is 5.94. The molecule has 0 bridgehead atoms. The lowest BCUT2D eigenvalue weighted by molar-refractivity contribution is 0.00792. The van der Waals surface area contributed by atoms with Crippen molar-refractivity contribution in [3.63, 3.8) is 0 Å². The number of carbonyl (C=O) groups is 1. The van der Waals surface area contributed by atoms with E-state index in [9.17, 15) is 9.00 Å². The minimum absolute atomic E-state index is 0.152. The van der Waals surface area contributed by atoms with Crippen LogP contribution in [0.15, 0.2) is 0 Å². The smallest absolute Gasteiger partial charge is 0.410 e. The average Bonchev–Trinajstić information content (AvgIpc) is 2.72. The van der Waals surface area contributed by atoms with Crippen molar-refractivity contribution >= 4 is 17.1 Å². The number of amides is 1. The maximum atomic E-state index is 12.6. The summed E-state index contributed by atoms with van der Waals surface area (Å²) in [6, 6.07) is 0.267. The van der Waals surface area contributed by atoms with Crippen molar-refractivity contribution < 1.29 is 13.7 Å². The molecule has 0 aromatic heterocycles. The van der Waals surface area contributed by atoms with Gasteiger partial charge in [-0.25, -0.2) is 13.7 Å². The molecule has 2 rings (SSSR count). The fourth-order valence-corrected chi connectivity index (χ4v) is 5.02. The molecule has 25 heavy (non-hydrogen) atoms. The Morgan fingerprint density at radius 2 is 1.72 bits per heavy atom. The number of rotatable bonds is 2. The van der Waals surface area contributed by atoms with E-state index in [2.05, 4.69) is 11.6 Å². The zero-order valence-corrected chi connectivity index (χ0v) is 17.8. The second-order valence-electron chi connectivity index (χ2n) is 9.93. The van der Waals surface area contributed by atoms with Gasteiger partial charge >= 0.3 is 6.09 Å². The van der Waals surface area contributed by atoms with E-state index in [0.29, 0.717) is 5.92 Å². The molecule has 5 nitrogen and oxygen atoms in total. The Hall–Kier alpha value is -0.620. The van der Waals surface area contributed by atoms with Crippen LogP contribution in [-0.2, 0) is 15.7 Å². The van der Waals surface area contributed by atoms with Crippen molar-refractivity contribution in [1.29, 1.82) is 0 Å². The molecule has 0 radical (unpaired) electrons. The lowest BCUT2D eigenvalue weighted by Crippen LogP contribution is -2.52. The molecular formula is C19H36N2O3S. The van der Waals surface area contributed by atoms with Crippen molar-refractivity contribution in [2.75, 3.05) is 13.1 Å². The number of hydrogen-bond acceptors (Lipinski definition) is 3. The fraction of sp³-hybridized carbons (Fsp3) is 0.947. The summed E-state index contributed by atoms with van der Waals surface area (Å²) in [5.74, 6) is 0.627. The number of likely N-dealkylation sites (tertiary alicyclic amines) is 1. The normalized spacial score (nSPS) is 28.2. The van der Waals surface area contributed by atoms with Crippen LogP contribution in [0.1, 0.15) is 74.1 Å². The van der Waals surface area contributed by atoms with Gasteiger partial charge < -0.3 is 9.64 Å². The van der Waals surface area contributed by atoms with Crippen molar-refractivity contribution in [2.45, 2.75) is 90.5 Å². The maximum Gasteiger partial charge on any atom is 0.410 e. The highest BCUT2D eigenvalue weighted by atomic mass is 32.2. The van der Waals surface area contributed by atoms with E-state index in [-0.39, 0.29) is 22.3 Å². The van der Waals surface area contributed by atoms with E-state index in [0.717, 1.165) is 38.8 Å². The molecule has 1 amide bonds. The minimum atomic E-state index is -1.06. The highest BCUT2D eigenvalue weighted by Gasteiger charge is 2.49. The Labute approximate surface area is 155 Å². The van der Waals surface area contributed by atoms with Crippen molar-refractivity contribution in [3.8, 4) is 0 Å². The molecule has 2 aliphatic rings. The highest BCUT2D eigenvalue weighted by molar-refractivity contribution is 7.84. The third kappa shape index (κ3) is 5.19. The SMILES string of the molecule is CC1CC(NS(=O)C(C)(C)C)C2(CCN(C(=O)OC(C)(C)C)CC2)C1. The predicted molar refractivity (Wildman–Crippen MR) is 103 cm³/mol. The van der Waals surface area contributed by atoms with E-state index in [1.165, 1.54) is 0 Å². The van der Waals surface area contributed by atoms with Gasteiger partial charge in [0.15, 0.2) is 0 Å². The number of nitrogens with zero attached hydrogens (tertiary/aromatic N) is 1. The van der Waals surface area contributed by atoms with Gasteiger partial charge in [0.1, 0.15) is 5.60 Å². The third-order valence-electron chi connectivity index (χ3n) is 5.35.